The number of carbonyl (C=O) groups excluding carboxylic acids is 1. The van der Waals surface area contributed by atoms with Gasteiger partial charge < -0.3 is 15.5 Å². The third-order valence-corrected chi connectivity index (χ3v) is 6.64. The number of nitrogens with zero attached hydrogens (tertiary/aromatic N) is 3. The van der Waals surface area contributed by atoms with Gasteiger partial charge in [-0.05, 0) is 49.4 Å². The second kappa shape index (κ2) is 10.5. The number of likely N-dealkylation sites (tertiary alicyclic amines) is 1. The highest BCUT2D eigenvalue weighted by molar-refractivity contribution is 6.36. The third kappa shape index (κ3) is 5.37. The lowest BCUT2D eigenvalue weighted by Crippen LogP contribution is -2.43. The Kier molecular flexibility index (Phi) is 7.31. The van der Waals surface area contributed by atoms with Crippen LogP contribution in [0.25, 0.3) is 0 Å². The minimum absolute atomic E-state index is 0.0559. The average Bonchev–Trinajstić information content (AvgIpc) is 2.85. The Morgan fingerprint density at radius 3 is 2.73 bits per heavy atom. The Hall–Kier alpha value is -3.30. The number of hydrogen-bond acceptors (Lipinski definition) is 5. The summed E-state index contributed by atoms with van der Waals surface area (Å²) >= 11 is 6.71. The van der Waals surface area contributed by atoms with Crippen molar-refractivity contribution >= 4 is 29.0 Å². The van der Waals surface area contributed by atoms with Gasteiger partial charge in [0.25, 0.3) is 5.91 Å². The third-order valence-electron chi connectivity index (χ3n) is 6.22. The number of amidine groups is 1. The molecule has 0 radical (unpaired) electrons. The maximum absolute atomic E-state index is 12.4. The van der Waals surface area contributed by atoms with E-state index in [1.807, 2.05) is 61.5 Å². The molecule has 0 saturated carbocycles. The number of nitrogens with one attached hydrogen (secondary N) is 2. The standard InChI is InChI=1S/C26H28ClN5O/c1-18-8-5-6-12-22(18)31-25-24(27)21(14-28)23(16-29-25)32-13-7-9-19(17-32)15-30-26(33)20-10-3-2-4-11-20/h2-6,8,10-12,19,24H,7,9,13,15-17H2,1H3,(H,29,31)(H,30,33). The first-order valence-corrected chi connectivity index (χ1v) is 11.7. The number of para-hydroxylation sites is 1. The maximum atomic E-state index is 12.4. The van der Waals surface area contributed by atoms with E-state index in [4.69, 9.17) is 16.6 Å². The predicted octanol–water partition coefficient (Wildman–Crippen LogP) is 4.35. The van der Waals surface area contributed by atoms with Crippen LogP contribution in [0.1, 0.15) is 28.8 Å². The molecule has 2 aromatic carbocycles. The predicted molar refractivity (Wildman–Crippen MR) is 132 cm³/mol. The fraction of sp³-hybridized carbons (Fsp3) is 0.346. The first-order chi connectivity index (χ1) is 16.1. The lowest BCUT2D eigenvalue weighted by Gasteiger charge is -2.38. The molecule has 0 spiro atoms. The lowest BCUT2D eigenvalue weighted by atomic mass is 9.95. The van der Waals surface area contributed by atoms with Gasteiger partial charge in [0.2, 0.25) is 0 Å². The van der Waals surface area contributed by atoms with E-state index >= 15 is 0 Å². The van der Waals surface area contributed by atoms with E-state index in [0.717, 1.165) is 42.9 Å². The van der Waals surface area contributed by atoms with Gasteiger partial charge in [0.1, 0.15) is 11.2 Å². The van der Waals surface area contributed by atoms with Crippen molar-refractivity contribution in [1.82, 2.24) is 10.2 Å². The van der Waals surface area contributed by atoms with Gasteiger partial charge >= 0.3 is 0 Å². The molecule has 170 valence electrons. The summed E-state index contributed by atoms with van der Waals surface area (Å²) in [5, 5.41) is 15.7. The zero-order chi connectivity index (χ0) is 23.2. The number of amides is 1. The molecule has 2 aliphatic heterocycles. The largest absolute Gasteiger partial charge is 0.372 e. The van der Waals surface area contributed by atoms with Crippen molar-refractivity contribution in [2.45, 2.75) is 25.1 Å². The minimum Gasteiger partial charge on any atom is -0.372 e. The van der Waals surface area contributed by atoms with Crippen LogP contribution in [0, 0.1) is 24.2 Å². The van der Waals surface area contributed by atoms with Crippen LogP contribution in [0.15, 0.2) is 70.9 Å². The molecule has 4 rings (SSSR count). The number of carbonyl (C=O) groups is 1. The van der Waals surface area contributed by atoms with Crippen molar-refractivity contribution in [2.24, 2.45) is 10.9 Å². The number of aryl methyl sites for hydroxylation is 1. The Morgan fingerprint density at radius 1 is 1.21 bits per heavy atom. The second-order valence-corrected chi connectivity index (χ2v) is 8.94. The molecule has 1 saturated heterocycles. The maximum Gasteiger partial charge on any atom is 0.251 e. The minimum atomic E-state index is -0.614. The smallest absolute Gasteiger partial charge is 0.251 e. The van der Waals surface area contributed by atoms with Crippen LogP contribution in [-0.4, -0.2) is 48.2 Å². The van der Waals surface area contributed by atoms with Crippen molar-refractivity contribution in [2.75, 3.05) is 31.5 Å². The van der Waals surface area contributed by atoms with E-state index in [2.05, 4.69) is 21.6 Å². The van der Waals surface area contributed by atoms with Crippen LogP contribution in [0.5, 0.6) is 0 Å². The van der Waals surface area contributed by atoms with E-state index in [-0.39, 0.29) is 5.91 Å². The van der Waals surface area contributed by atoms with E-state index in [9.17, 15) is 10.1 Å². The normalized spacial score (nSPS) is 20.6. The SMILES string of the molecule is Cc1ccccc1NC1=NCC(N2CCCC(CNC(=O)c3ccccc3)C2)=C(C#N)C1Cl. The molecule has 2 unspecified atom stereocenters. The van der Waals surface area contributed by atoms with Crippen molar-refractivity contribution in [1.29, 1.82) is 5.26 Å². The van der Waals surface area contributed by atoms with E-state index in [0.29, 0.717) is 36.0 Å². The second-order valence-electron chi connectivity index (χ2n) is 8.51. The topological polar surface area (TPSA) is 80.5 Å². The Balaban J connectivity index is 1.40. The van der Waals surface area contributed by atoms with Crippen molar-refractivity contribution in [3.05, 3.63) is 77.0 Å². The number of rotatable bonds is 5. The number of benzene rings is 2. The summed E-state index contributed by atoms with van der Waals surface area (Å²) < 4.78 is 0. The number of hydrogen-bond donors (Lipinski definition) is 2. The molecule has 2 atom stereocenters. The number of dihydropyridines is 1. The quantitative estimate of drug-likeness (QED) is 0.649. The number of anilines is 1. The molecule has 33 heavy (non-hydrogen) atoms. The Morgan fingerprint density at radius 2 is 1.97 bits per heavy atom. The van der Waals surface area contributed by atoms with Crippen LogP contribution >= 0.6 is 11.6 Å². The molecule has 1 fully saturated rings. The number of piperidine rings is 1. The summed E-state index contributed by atoms with van der Waals surface area (Å²) in [5.74, 6) is 0.859. The molecule has 0 aliphatic carbocycles. The van der Waals surface area contributed by atoms with Crippen LogP contribution in [0.4, 0.5) is 5.69 Å². The van der Waals surface area contributed by atoms with Gasteiger partial charge in [0.05, 0.1) is 23.9 Å². The van der Waals surface area contributed by atoms with Gasteiger partial charge in [-0.1, -0.05) is 36.4 Å². The van der Waals surface area contributed by atoms with Gasteiger partial charge in [-0.15, -0.1) is 11.6 Å². The van der Waals surface area contributed by atoms with Gasteiger partial charge in [-0.25, -0.2) is 0 Å². The summed E-state index contributed by atoms with van der Waals surface area (Å²) in [4.78, 5) is 19.3. The highest BCUT2D eigenvalue weighted by Crippen LogP contribution is 2.28. The molecule has 1 amide bonds. The van der Waals surface area contributed by atoms with Crippen LogP contribution in [0.2, 0.25) is 0 Å². The Bertz CT molecular complexity index is 1110. The summed E-state index contributed by atoms with van der Waals surface area (Å²) in [7, 11) is 0. The Labute approximate surface area is 200 Å². The molecule has 2 aromatic rings. The van der Waals surface area contributed by atoms with Gasteiger partial charge in [-0.3, -0.25) is 9.79 Å². The lowest BCUT2D eigenvalue weighted by molar-refractivity contribution is 0.0937. The first kappa shape index (κ1) is 22.9. The zero-order valence-electron chi connectivity index (χ0n) is 18.7. The highest BCUT2D eigenvalue weighted by atomic mass is 35.5. The van der Waals surface area contributed by atoms with E-state index < -0.39 is 5.38 Å². The number of alkyl halides is 1. The molecule has 6 nitrogen and oxygen atoms in total. The molecule has 2 N–H and O–H groups in total. The summed E-state index contributed by atoms with van der Waals surface area (Å²) in [6.45, 7) is 4.68. The van der Waals surface area contributed by atoms with Gasteiger partial charge in [-0.2, -0.15) is 5.26 Å². The molecule has 7 heteroatoms. The fourth-order valence-electron chi connectivity index (χ4n) is 4.36. The number of halogens is 1. The molecule has 2 heterocycles. The van der Waals surface area contributed by atoms with Crippen molar-refractivity contribution in [3.8, 4) is 6.07 Å². The van der Waals surface area contributed by atoms with Crippen molar-refractivity contribution < 1.29 is 4.79 Å². The monoisotopic (exact) mass is 461 g/mol. The van der Waals surface area contributed by atoms with E-state index in [1.165, 1.54) is 0 Å². The zero-order valence-corrected chi connectivity index (χ0v) is 19.5. The van der Waals surface area contributed by atoms with Crippen LogP contribution in [-0.2, 0) is 0 Å². The molecule has 2 aliphatic rings. The van der Waals surface area contributed by atoms with Crippen LogP contribution < -0.4 is 10.6 Å². The first-order valence-electron chi connectivity index (χ1n) is 11.3. The summed E-state index contributed by atoms with van der Waals surface area (Å²) in [5.41, 5.74) is 4.15. The average molecular weight is 462 g/mol. The van der Waals surface area contributed by atoms with Gasteiger partial charge in [0, 0.05) is 30.9 Å². The van der Waals surface area contributed by atoms with E-state index in [1.54, 1.807) is 0 Å². The molecule has 0 aromatic heterocycles. The summed E-state index contributed by atoms with van der Waals surface area (Å²) in [6.07, 6.45) is 2.04. The van der Waals surface area contributed by atoms with Gasteiger partial charge in [0.15, 0.2) is 0 Å². The molecule has 0 bridgehead atoms. The number of aliphatic imine (C=N–C) groups is 1. The van der Waals surface area contributed by atoms with Crippen molar-refractivity contribution in [3.63, 3.8) is 0 Å². The molecular formula is C26H28ClN5O. The highest BCUT2D eigenvalue weighted by Gasteiger charge is 2.31. The van der Waals surface area contributed by atoms with Crippen LogP contribution in [0.3, 0.4) is 0 Å². The molecular weight excluding hydrogens is 434 g/mol. The summed E-state index contributed by atoms with van der Waals surface area (Å²) in [6, 6.07) is 19.5. The number of nitriles is 1. The fourth-order valence-corrected chi connectivity index (χ4v) is 4.66.